The maximum Gasteiger partial charge on any atom is 0.317 e. The van der Waals surface area contributed by atoms with Gasteiger partial charge in [-0.1, -0.05) is 0 Å². The lowest BCUT2D eigenvalue weighted by molar-refractivity contribution is -0.137. The third-order valence-corrected chi connectivity index (χ3v) is 0.933. The summed E-state index contributed by atoms with van der Waals surface area (Å²) in [4.78, 5) is 19.5. The second kappa shape index (κ2) is 4.58. The van der Waals surface area contributed by atoms with Crippen LogP contribution in [0.5, 0.6) is 0 Å². The Bertz CT molecular complexity index is 94.5. The number of esters is 1. The average molecular weight is 135 g/mol. The summed E-state index contributed by atoms with van der Waals surface area (Å²) in [6.45, 7) is 0. The predicted molar refractivity (Wildman–Crippen MR) is 30.3 cm³/mol. The number of ether oxygens (including phenoxy) is 1. The monoisotopic (exact) mass is 135 g/mol. The molecule has 0 bridgehead atoms. The Labute approximate surface area is 50.7 Å². The number of hydrogen-bond donors (Lipinski definition) is 0. The van der Waals surface area contributed by atoms with Crippen LogP contribution in [-0.2, 0) is 9.53 Å². The Morgan fingerprint density at radius 3 is 2.88 bits per heavy atom. The van der Waals surface area contributed by atoms with Crippen molar-refractivity contribution in [2.24, 2.45) is 4.58 Å². The zero-order valence-electron chi connectivity index (χ0n) is 4.29. The lowest BCUT2D eigenvalue weighted by Crippen LogP contribution is -2.01. The van der Waals surface area contributed by atoms with Crippen LogP contribution in [0.25, 0.3) is 0 Å². The molecule has 0 aliphatic rings. The van der Waals surface area contributed by atoms with E-state index in [1.54, 1.807) is 0 Å². The lowest BCUT2D eigenvalue weighted by atomic mass is 10.8. The molecule has 0 aliphatic heterocycles. The van der Waals surface area contributed by atoms with E-state index in [0.717, 1.165) is 0 Å². The van der Waals surface area contributed by atoms with E-state index >= 15 is 0 Å². The van der Waals surface area contributed by atoms with E-state index in [-0.39, 0.29) is 5.75 Å². The summed E-state index contributed by atoms with van der Waals surface area (Å²) < 4.78 is 6.58. The Morgan fingerprint density at radius 1 is 1.88 bits per heavy atom. The van der Waals surface area contributed by atoms with Crippen molar-refractivity contribution in [3.8, 4) is 0 Å². The van der Waals surface area contributed by atoms with Gasteiger partial charge >= 0.3 is 5.97 Å². The van der Waals surface area contributed by atoms with Crippen LogP contribution in [0, 0.1) is 4.91 Å². The van der Waals surface area contributed by atoms with Gasteiger partial charge in [0.25, 0.3) is 0 Å². The number of carbonyl (C=O) groups is 1. The SMILES string of the molecule is COC(=O)CSN=O. The Hall–Kier alpha value is -0.580. The van der Waals surface area contributed by atoms with Crippen LogP contribution in [0.1, 0.15) is 0 Å². The molecule has 0 saturated heterocycles. The molecule has 0 heterocycles. The lowest BCUT2D eigenvalue weighted by Gasteiger charge is -1.89. The normalized spacial score (nSPS) is 8.12. The summed E-state index contributed by atoms with van der Waals surface area (Å²) in [5.74, 6) is -0.436. The van der Waals surface area contributed by atoms with Crippen molar-refractivity contribution in [3.05, 3.63) is 4.91 Å². The Balaban J connectivity index is 3.11. The molecule has 0 aromatic carbocycles. The summed E-state index contributed by atoms with van der Waals surface area (Å²) in [6.07, 6.45) is 0. The first-order valence-electron chi connectivity index (χ1n) is 1.82. The molecule has 0 N–H and O–H groups in total. The van der Waals surface area contributed by atoms with E-state index in [1.165, 1.54) is 7.11 Å². The summed E-state index contributed by atoms with van der Waals surface area (Å²) in [5, 5.41) is 0. The zero-order valence-corrected chi connectivity index (χ0v) is 5.10. The van der Waals surface area contributed by atoms with Gasteiger partial charge < -0.3 is 4.74 Å². The van der Waals surface area contributed by atoms with E-state index in [9.17, 15) is 9.70 Å². The van der Waals surface area contributed by atoms with Crippen LogP contribution in [0.3, 0.4) is 0 Å². The minimum absolute atomic E-state index is 0. The van der Waals surface area contributed by atoms with Gasteiger partial charge in [0.1, 0.15) is 5.75 Å². The molecule has 0 aromatic heterocycles. The number of rotatable bonds is 3. The molecule has 0 atom stereocenters. The summed E-state index contributed by atoms with van der Waals surface area (Å²) in [5.41, 5.74) is 0. The number of methoxy groups -OCH3 is 1. The van der Waals surface area contributed by atoms with Crippen molar-refractivity contribution in [3.63, 3.8) is 0 Å². The van der Waals surface area contributed by atoms with E-state index in [2.05, 4.69) is 9.32 Å². The first-order valence-corrected chi connectivity index (χ1v) is 2.77. The van der Waals surface area contributed by atoms with Gasteiger partial charge in [-0.15, -0.1) is 4.91 Å². The second-order valence-electron chi connectivity index (χ2n) is 0.924. The molecule has 0 fully saturated rings. The van der Waals surface area contributed by atoms with Crippen LogP contribution >= 0.6 is 11.9 Å². The van der Waals surface area contributed by atoms with Crippen LogP contribution in [-0.4, -0.2) is 18.8 Å². The number of nitrogens with zero attached hydrogens (tertiary/aromatic N) is 1. The minimum atomic E-state index is -0.436. The van der Waals surface area contributed by atoms with Gasteiger partial charge in [-0.3, -0.25) is 4.79 Å². The topological polar surface area (TPSA) is 55.7 Å². The summed E-state index contributed by atoms with van der Waals surface area (Å²) in [7, 11) is 1.26. The van der Waals surface area contributed by atoms with E-state index in [4.69, 9.17) is 0 Å². The molecule has 46 valence electrons. The fourth-order valence-electron chi connectivity index (χ4n) is 0.138. The fourth-order valence-corrected chi connectivity index (χ4v) is 0.414. The first-order chi connectivity index (χ1) is 3.81. The molecular formula is C3H5NO3S. The molecule has 0 rings (SSSR count). The quantitative estimate of drug-likeness (QED) is 0.322. The molecule has 0 aliphatic carbocycles. The van der Waals surface area contributed by atoms with Gasteiger partial charge in [0.15, 0.2) is 0 Å². The smallest absolute Gasteiger partial charge is 0.317 e. The van der Waals surface area contributed by atoms with Gasteiger partial charge in [-0.05, 0) is 0 Å². The highest BCUT2D eigenvalue weighted by atomic mass is 32.2. The molecule has 0 unspecified atom stereocenters. The maximum absolute atomic E-state index is 10.1. The third-order valence-electron chi connectivity index (χ3n) is 0.463. The third kappa shape index (κ3) is 3.60. The van der Waals surface area contributed by atoms with Crippen molar-refractivity contribution < 1.29 is 9.53 Å². The van der Waals surface area contributed by atoms with E-state index < -0.39 is 5.97 Å². The molecular weight excluding hydrogens is 130 g/mol. The molecule has 0 radical (unpaired) electrons. The van der Waals surface area contributed by atoms with Crippen molar-refractivity contribution in [1.82, 2.24) is 0 Å². The van der Waals surface area contributed by atoms with Crippen molar-refractivity contribution in [1.29, 1.82) is 0 Å². The predicted octanol–water partition coefficient (Wildman–Crippen LogP) is 0.574. The molecule has 5 heteroatoms. The second-order valence-corrected chi connectivity index (χ2v) is 1.62. The Morgan fingerprint density at radius 2 is 2.50 bits per heavy atom. The van der Waals surface area contributed by atoms with Gasteiger partial charge in [0, 0.05) is 16.5 Å². The molecule has 0 saturated carbocycles. The van der Waals surface area contributed by atoms with E-state index in [0.29, 0.717) is 11.9 Å². The summed E-state index contributed by atoms with van der Waals surface area (Å²) >= 11 is 0.636. The van der Waals surface area contributed by atoms with Crippen LogP contribution in [0.4, 0.5) is 0 Å². The number of hydrogen-bond acceptors (Lipinski definition) is 5. The maximum atomic E-state index is 10.1. The molecule has 8 heavy (non-hydrogen) atoms. The van der Waals surface area contributed by atoms with Crippen LogP contribution in [0.2, 0.25) is 0 Å². The minimum Gasteiger partial charge on any atom is -0.468 e. The number of carbonyl (C=O) groups excluding carboxylic acids is 1. The van der Waals surface area contributed by atoms with Gasteiger partial charge in [-0.2, -0.15) is 0 Å². The standard InChI is InChI=1S/C3H5NO3S/c1-7-3(5)2-8-4-6/h2H2,1H3. The summed E-state index contributed by atoms with van der Waals surface area (Å²) in [6, 6.07) is 0. The fraction of sp³-hybridized carbons (Fsp3) is 0.667. The molecule has 0 aromatic rings. The highest BCUT2D eigenvalue weighted by molar-refractivity contribution is 7.98. The average Bonchev–Trinajstić information content (AvgIpc) is 1.83. The van der Waals surface area contributed by atoms with Crippen molar-refractivity contribution >= 4 is 17.9 Å². The van der Waals surface area contributed by atoms with Crippen molar-refractivity contribution in [2.45, 2.75) is 0 Å². The van der Waals surface area contributed by atoms with E-state index in [1.807, 2.05) is 0 Å². The van der Waals surface area contributed by atoms with Gasteiger partial charge in [0.05, 0.1) is 7.11 Å². The zero-order chi connectivity index (χ0) is 6.41. The van der Waals surface area contributed by atoms with Crippen LogP contribution < -0.4 is 0 Å². The molecule has 0 spiro atoms. The highest BCUT2D eigenvalue weighted by Crippen LogP contribution is 1.98. The van der Waals surface area contributed by atoms with Crippen molar-refractivity contribution in [2.75, 3.05) is 12.9 Å². The first kappa shape index (κ1) is 7.42. The Kier molecular flexibility index (Phi) is 4.24. The largest absolute Gasteiger partial charge is 0.468 e. The van der Waals surface area contributed by atoms with Gasteiger partial charge in [-0.25, -0.2) is 0 Å². The molecule has 4 nitrogen and oxygen atoms in total. The number of nitroso groups, excluding NO2 is 1. The molecule has 0 amide bonds. The van der Waals surface area contributed by atoms with Crippen LogP contribution in [0.15, 0.2) is 4.58 Å². The highest BCUT2D eigenvalue weighted by Gasteiger charge is 1.97. The van der Waals surface area contributed by atoms with Gasteiger partial charge in [0.2, 0.25) is 0 Å².